The molecule has 0 aliphatic heterocycles. The summed E-state index contributed by atoms with van der Waals surface area (Å²) in [5.41, 5.74) is 6.20. The van der Waals surface area contributed by atoms with Crippen LogP contribution in [-0.2, 0) is 0 Å². The molecule has 0 aliphatic rings. The Bertz CT molecular complexity index is 899. The van der Waals surface area contributed by atoms with Crippen molar-refractivity contribution in [1.29, 1.82) is 0 Å². The Morgan fingerprint density at radius 2 is 1.19 bits per heavy atom. The summed E-state index contributed by atoms with van der Waals surface area (Å²) in [6.45, 7) is 10.4. The van der Waals surface area contributed by atoms with Crippen LogP contribution in [0.4, 0.5) is 0 Å². The second kappa shape index (κ2) is 13.4. The summed E-state index contributed by atoms with van der Waals surface area (Å²) in [4.78, 5) is 2.37. The van der Waals surface area contributed by atoms with E-state index in [4.69, 9.17) is 9.84 Å². The summed E-state index contributed by atoms with van der Waals surface area (Å²) in [7, 11) is 1.00. The second-order valence-corrected chi connectivity index (χ2v) is 7.13. The SMILES string of the molecule is CCN(CC)CCOc1ccc(/C(=C(/C)c2ccccc2)c2ccccc2)cc1.CO. The summed E-state index contributed by atoms with van der Waals surface area (Å²) >= 11 is 0. The van der Waals surface area contributed by atoms with E-state index in [9.17, 15) is 0 Å². The number of aliphatic hydroxyl groups excluding tert-OH is 1. The second-order valence-electron chi connectivity index (χ2n) is 7.13. The van der Waals surface area contributed by atoms with Crippen molar-refractivity contribution in [2.45, 2.75) is 20.8 Å². The van der Waals surface area contributed by atoms with Gasteiger partial charge in [0.25, 0.3) is 0 Å². The maximum atomic E-state index is 7.00. The highest BCUT2D eigenvalue weighted by molar-refractivity contribution is 5.97. The van der Waals surface area contributed by atoms with E-state index < -0.39 is 0 Å². The molecule has 3 rings (SSSR count). The molecule has 0 radical (unpaired) electrons. The van der Waals surface area contributed by atoms with Gasteiger partial charge in [-0.2, -0.15) is 0 Å². The highest BCUT2D eigenvalue weighted by Crippen LogP contribution is 2.32. The van der Waals surface area contributed by atoms with Gasteiger partial charge in [-0.15, -0.1) is 0 Å². The van der Waals surface area contributed by atoms with E-state index in [-0.39, 0.29) is 0 Å². The van der Waals surface area contributed by atoms with Gasteiger partial charge in [0.05, 0.1) is 0 Å². The summed E-state index contributed by atoms with van der Waals surface area (Å²) in [5, 5.41) is 7.00. The van der Waals surface area contributed by atoms with Crippen LogP contribution >= 0.6 is 0 Å². The molecule has 0 spiro atoms. The normalized spacial score (nSPS) is 11.4. The fourth-order valence-corrected chi connectivity index (χ4v) is 3.59. The Morgan fingerprint density at radius 3 is 1.71 bits per heavy atom. The molecule has 0 fully saturated rings. The summed E-state index contributed by atoms with van der Waals surface area (Å²) in [5.74, 6) is 0.922. The van der Waals surface area contributed by atoms with E-state index in [0.717, 1.165) is 32.5 Å². The average Bonchev–Trinajstić information content (AvgIpc) is 2.85. The highest BCUT2D eigenvalue weighted by atomic mass is 16.5. The lowest BCUT2D eigenvalue weighted by Gasteiger charge is -2.18. The molecule has 0 bridgehead atoms. The molecule has 164 valence electrons. The summed E-state index contributed by atoms with van der Waals surface area (Å²) < 4.78 is 5.97. The molecular weight excluding hydrogens is 382 g/mol. The standard InChI is InChI=1S/C27H31NO.CH4O/c1-4-28(5-2)20-21-29-26-18-16-25(17-19-26)27(24-14-10-7-11-15-24)22(3)23-12-8-6-9-13-23;1-2/h6-19H,4-5,20-21H2,1-3H3;2H,1H3/b27-22-;. The van der Waals surface area contributed by atoms with Gasteiger partial charge < -0.3 is 14.7 Å². The maximum absolute atomic E-state index is 7.00. The smallest absolute Gasteiger partial charge is 0.119 e. The van der Waals surface area contributed by atoms with E-state index in [0.29, 0.717) is 6.61 Å². The summed E-state index contributed by atoms with van der Waals surface area (Å²) in [6, 6.07) is 29.7. The lowest BCUT2D eigenvalue weighted by Crippen LogP contribution is -2.27. The van der Waals surface area contributed by atoms with E-state index in [1.54, 1.807) is 0 Å². The van der Waals surface area contributed by atoms with Crippen LogP contribution in [0.15, 0.2) is 84.9 Å². The zero-order valence-corrected chi connectivity index (χ0v) is 19.2. The third-order valence-corrected chi connectivity index (χ3v) is 5.36. The quantitative estimate of drug-likeness (QED) is 0.434. The Kier molecular flexibility index (Phi) is 10.6. The topological polar surface area (TPSA) is 32.7 Å². The van der Waals surface area contributed by atoms with Gasteiger partial charge in [-0.3, -0.25) is 0 Å². The van der Waals surface area contributed by atoms with Gasteiger partial charge in [-0.25, -0.2) is 0 Å². The first-order valence-corrected chi connectivity index (χ1v) is 10.9. The summed E-state index contributed by atoms with van der Waals surface area (Å²) in [6.07, 6.45) is 0. The molecular formula is C28H35NO2. The van der Waals surface area contributed by atoms with Crippen molar-refractivity contribution < 1.29 is 9.84 Å². The lowest BCUT2D eigenvalue weighted by molar-refractivity contribution is 0.223. The fourth-order valence-electron chi connectivity index (χ4n) is 3.59. The number of allylic oxidation sites excluding steroid dienone is 1. The molecule has 3 heteroatoms. The number of hydrogen-bond acceptors (Lipinski definition) is 3. The van der Waals surface area contributed by atoms with Crippen LogP contribution in [0.3, 0.4) is 0 Å². The number of rotatable bonds is 9. The first-order valence-electron chi connectivity index (χ1n) is 10.9. The number of likely N-dealkylation sites (N-methyl/N-ethyl adjacent to an activating group) is 1. The molecule has 0 heterocycles. The molecule has 1 N–H and O–H groups in total. The van der Waals surface area contributed by atoms with Crippen molar-refractivity contribution >= 4 is 11.1 Å². The number of nitrogens with zero attached hydrogens (tertiary/aromatic N) is 1. The van der Waals surface area contributed by atoms with Crippen molar-refractivity contribution in [2.24, 2.45) is 0 Å². The number of aliphatic hydroxyl groups is 1. The van der Waals surface area contributed by atoms with Crippen LogP contribution in [0.25, 0.3) is 11.1 Å². The predicted molar refractivity (Wildman–Crippen MR) is 132 cm³/mol. The number of hydrogen-bond donors (Lipinski definition) is 1. The van der Waals surface area contributed by atoms with Crippen LogP contribution in [0.2, 0.25) is 0 Å². The van der Waals surface area contributed by atoms with Crippen LogP contribution in [-0.4, -0.2) is 43.4 Å². The van der Waals surface area contributed by atoms with Crippen molar-refractivity contribution in [3.05, 3.63) is 102 Å². The van der Waals surface area contributed by atoms with E-state index in [1.165, 1.54) is 27.8 Å². The van der Waals surface area contributed by atoms with Crippen molar-refractivity contribution in [1.82, 2.24) is 4.90 Å². The van der Waals surface area contributed by atoms with Crippen molar-refractivity contribution in [2.75, 3.05) is 33.4 Å². The molecule has 3 nitrogen and oxygen atoms in total. The van der Waals surface area contributed by atoms with Crippen molar-refractivity contribution in [3.63, 3.8) is 0 Å². The largest absolute Gasteiger partial charge is 0.492 e. The van der Waals surface area contributed by atoms with E-state index in [1.807, 2.05) is 0 Å². The van der Waals surface area contributed by atoms with Gasteiger partial charge in [0.15, 0.2) is 0 Å². The van der Waals surface area contributed by atoms with E-state index >= 15 is 0 Å². The first-order chi connectivity index (χ1) is 15.2. The van der Waals surface area contributed by atoms with Gasteiger partial charge in [-0.1, -0.05) is 86.6 Å². The van der Waals surface area contributed by atoms with Gasteiger partial charge in [0.2, 0.25) is 0 Å². The van der Waals surface area contributed by atoms with Gasteiger partial charge in [-0.05, 0) is 60.0 Å². The first kappa shape index (κ1) is 24.4. The molecule has 0 saturated carbocycles. The molecule has 3 aromatic carbocycles. The average molecular weight is 418 g/mol. The number of benzene rings is 3. The van der Waals surface area contributed by atoms with Crippen LogP contribution in [0.1, 0.15) is 37.5 Å². The Hall–Kier alpha value is -2.88. The van der Waals surface area contributed by atoms with Crippen LogP contribution in [0, 0.1) is 0 Å². The predicted octanol–water partition coefficient (Wildman–Crippen LogP) is 5.99. The van der Waals surface area contributed by atoms with Gasteiger partial charge in [0, 0.05) is 13.7 Å². The molecule has 0 unspecified atom stereocenters. The van der Waals surface area contributed by atoms with Gasteiger partial charge in [0.1, 0.15) is 12.4 Å². The van der Waals surface area contributed by atoms with E-state index in [2.05, 4.69) is 111 Å². The van der Waals surface area contributed by atoms with Crippen LogP contribution < -0.4 is 4.74 Å². The zero-order chi connectivity index (χ0) is 22.5. The maximum Gasteiger partial charge on any atom is 0.119 e. The Morgan fingerprint density at radius 1 is 0.710 bits per heavy atom. The fraction of sp³-hybridized carbons (Fsp3) is 0.286. The molecule has 31 heavy (non-hydrogen) atoms. The zero-order valence-electron chi connectivity index (χ0n) is 19.2. The monoisotopic (exact) mass is 417 g/mol. The Balaban J connectivity index is 0.00000166. The minimum atomic E-state index is 0.714. The highest BCUT2D eigenvalue weighted by Gasteiger charge is 2.11. The molecule has 0 atom stereocenters. The molecule has 0 saturated heterocycles. The molecule has 0 aliphatic carbocycles. The molecule has 0 amide bonds. The third kappa shape index (κ3) is 7.09. The molecule has 0 aromatic heterocycles. The minimum absolute atomic E-state index is 0.714. The lowest BCUT2D eigenvalue weighted by atomic mass is 9.90. The van der Waals surface area contributed by atoms with Crippen molar-refractivity contribution in [3.8, 4) is 5.75 Å². The third-order valence-electron chi connectivity index (χ3n) is 5.36. The van der Waals surface area contributed by atoms with Gasteiger partial charge >= 0.3 is 0 Å². The number of ether oxygens (including phenoxy) is 1. The Labute approximate surface area is 187 Å². The molecule has 3 aromatic rings. The van der Waals surface area contributed by atoms with Crippen LogP contribution in [0.5, 0.6) is 5.75 Å². The minimum Gasteiger partial charge on any atom is -0.492 e.